The lowest BCUT2D eigenvalue weighted by Gasteiger charge is -2.32. The topological polar surface area (TPSA) is 72.3 Å². The number of ether oxygens (including phenoxy) is 2. The fraction of sp³-hybridized carbons (Fsp3) is 0.417. The zero-order valence-corrected chi connectivity index (χ0v) is 19.0. The number of benzene rings is 2. The second kappa shape index (κ2) is 9.83. The van der Waals surface area contributed by atoms with Crippen molar-refractivity contribution < 1.29 is 24.0 Å². The third-order valence-electron chi connectivity index (χ3n) is 5.91. The molecule has 1 unspecified atom stereocenters. The maximum Gasteiger partial charge on any atom is 0.280 e. The molecule has 1 aliphatic rings. The van der Waals surface area contributed by atoms with Crippen LogP contribution in [-0.4, -0.2) is 57.1 Å². The molecule has 166 valence electrons. The third-order valence-corrected chi connectivity index (χ3v) is 5.91. The van der Waals surface area contributed by atoms with E-state index >= 15 is 0 Å². The fourth-order valence-corrected chi connectivity index (χ4v) is 3.99. The van der Waals surface area contributed by atoms with E-state index in [0.29, 0.717) is 5.75 Å². The number of hydrogen-bond acceptors (Lipinski definition) is 4. The molecule has 2 atom stereocenters. The minimum atomic E-state index is -0.251. The van der Waals surface area contributed by atoms with Gasteiger partial charge in [0.05, 0.1) is 27.3 Å². The Morgan fingerprint density at radius 3 is 2.32 bits per heavy atom. The maximum atomic E-state index is 13.0. The number of likely N-dealkylation sites (N-methyl/N-ethyl adjacent to an activating group) is 1. The fourth-order valence-electron chi connectivity index (χ4n) is 3.99. The molecule has 2 N–H and O–H groups in total. The first-order valence-electron chi connectivity index (χ1n) is 10.5. The Kier molecular flexibility index (Phi) is 7.17. The lowest BCUT2D eigenvalue weighted by Crippen LogP contribution is -3.16. The molecule has 2 amide bonds. The summed E-state index contributed by atoms with van der Waals surface area (Å²) in [5, 5.41) is 2.84. The van der Waals surface area contributed by atoms with Crippen molar-refractivity contribution in [1.82, 2.24) is 4.90 Å². The van der Waals surface area contributed by atoms with E-state index in [9.17, 15) is 9.59 Å². The van der Waals surface area contributed by atoms with Gasteiger partial charge in [0.15, 0.2) is 17.5 Å². The van der Waals surface area contributed by atoms with Gasteiger partial charge in [-0.1, -0.05) is 17.7 Å². The van der Waals surface area contributed by atoms with E-state index in [-0.39, 0.29) is 24.4 Å². The first-order valence-corrected chi connectivity index (χ1v) is 10.5. The number of quaternary nitrogens is 1. The van der Waals surface area contributed by atoms with E-state index < -0.39 is 0 Å². The van der Waals surface area contributed by atoms with E-state index in [4.69, 9.17) is 9.47 Å². The largest absolute Gasteiger partial charge is 0.493 e. The molecule has 0 fully saturated rings. The smallest absolute Gasteiger partial charge is 0.280 e. The predicted molar refractivity (Wildman–Crippen MR) is 120 cm³/mol. The lowest BCUT2D eigenvalue weighted by molar-refractivity contribution is -0.930. The molecule has 2 aromatic carbocycles. The normalized spacial score (nSPS) is 16.1. The average molecular weight is 427 g/mol. The Labute approximate surface area is 183 Å². The number of anilines is 1. The van der Waals surface area contributed by atoms with Crippen molar-refractivity contribution >= 4 is 17.5 Å². The van der Waals surface area contributed by atoms with Crippen LogP contribution in [0.3, 0.4) is 0 Å². The van der Waals surface area contributed by atoms with E-state index in [2.05, 4.69) is 5.32 Å². The van der Waals surface area contributed by atoms with Crippen molar-refractivity contribution in [3.05, 3.63) is 53.1 Å². The standard InChI is InChI=1S/C24H31N3O4/c1-16-6-8-20(9-7-16)25-23(28)15-26(3)24(29)17(2)27-11-10-18-12-21(30-4)22(31-5)13-19(18)14-27/h6-9,12-13,17H,10-11,14-15H2,1-5H3,(H,25,28)/p+1/t17-/m0/s1. The quantitative estimate of drug-likeness (QED) is 0.703. The van der Waals surface area contributed by atoms with E-state index in [1.54, 1.807) is 21.3 Å². The first kappa shape index (κ1) is 22.6. The van der Waals surface area contributed by atoms with E-state index in [0.717, 1.165) is 36.5 Å². The number of rotatable bonds is 7. The number of amides is 2. The van der Waals surface area contributed by atoms with Crippen LogP contribution < -0.4 is 19.7 Å². The Morgan fingerprint density at radius 2 is 1.71 bits per heavy atom. The van der Waals surface area contributed by atoms with Gasteiger partial charge in [-0.05, 0) is 43.7 Å². The van der Waals surface area contributed by atoms with Gasteiger partial charge < -0.3 is 24.6 Å². The highest BCUT2D eigenvalue weighted by atomic mass is 16.5. The number of hydrogen-bond donors (Lipinski definition) is 2. The molecule has 7 heteroatoms. The molecular formula is C24H32N3O4+. The number of carbonyl (C=O) groups excluding carboxylic acids is 2. The Balaban J connectivity index is 1.60. The predicted octanol–water partition coefficient (Wildman–Crippen LogP) is 1.44. The summed E-state index contributed by atoms with van der Waals surface area (Å²) in [6.45, 7) is 5.52. The number of nitrogens with zero attached hydrogens (tertiary/aromatic N) is 1. The molecular weight excluding hydrogens is 394 g/mol. The highest BCUT2D eigenvalue weighted by Crippen LogP contribution is 2.31. The molecule has 0 saturated carbocycles. The lowest BCUT2D eigenvalue weighted by atomic mass is 9.97. The summed E-state index contributed by atoms with van der Waals surface area (Å²) in [6, 6.07) is 11.4. The summed E-state index contributed by atoms with van der Waals surface area (Å²) < 4.78 is 10.8. The van der Waals surface area contributed by atoms with Crippen LogP contribution in [0, 0.1) is 6.92 Å². The van der Waals surface area contributed by atoms with Crippen LogP contribution in [0.15, 0.2) is 36.4 Å². The van der Waals surface area contributed by atoms with Crippen LogP contribution in [0.1, 0.15) is 23.6 Å². The number of carbonyl (C=O) groups is 2. The van der Waals surface area contributed by atoms with Gasteiger partial charge in [0.25, 0.3) is 5.91 Å². The molecule has 0 aromatic heterocycles. The molecule has 3 rings (SSSR count). The van der Waals surface area contributed by atoms with Crippen LogP contribution in [0.25, 0.3) is 0 Å². The Hall–Kier alpha value is -3.06. The monoisotopic (exact) mass is 426 g/mol. The minimum Gasteiger partial charge on any atom is -0.493 e. The van der Waals surface area contributed by atoms with Crippen molar-refractivity contribution in [2.24, 2.45) is 0 Å². The van der Waals surface area contributed by atoms with Crippen LogP contribution in [0.5, 0.6) is 11.5 Å². The van der Waals surface area contributed by atoms with Crippen molar-refractivity contribution in [2.75, 3.05) is 39.7 Å². The average Bonchev–Trinajstić information content (AvgIpc) is 2.78. The van der Waals surface area contributed by atoms with Crippen molar-refractivity contribution in [2.45, 2.75) is 32.9 Å². The maximum absolute atomic E-state index is 13.0. The Bertz CT molecular complexity index is 943. The van der Waals surface area contributed by atoms with Gasteiger partial charge in [0, 0.05) is 24.7 Å². The molecule has 0 bridgehead atoms. The third kappa shape index (κ3) is 5.35. The number of fused-ring (bicyclic) bond motifs is 1. The zero-order valence-electron chi connectivity index (χ0n) is 19.0. The highest BCUT2D eigenvalue weighted by Gasteiger charge is 2.32. The Morgan fingerprint density at radius 1 is 1.10 bits per heavy atom. The van der Waals surface area contributed by atoms with Gasteiger partial charge in [0.1, 0.15) is 6.54 Å². The number of methoxy groups -OCH3 is 2. The minimum absolute atomic E-state index is 0.0198. The molecule has 31 heavy (non-hydrogen) atoms. The molecule has 0 aliphatic carbocycles. The molecule has 2 aromatic rings. The molecule has 1 aliphatic heterocycles. The summed E-state index contributed by atoms with van der Waals surface area (Å²) in [5.41, 5.74) is 4.25. The van der Waals surface area contributed by atoms with Gasteiger partial charge in [0.2, 0.25) is 5.91 Å². The summed E-state index contributed by atoms with van der Waals surface area (Å²) in [5.74, 6) is 1.18. The van der Waals surface area contributed by atoms with Crippen LogP contribution in [-0.2, 0) is 22.6 Å². The van der Waals surface area contributed by atoms with E-state index in [1.807, 2.05) is 50.2 Å². The summed E-state index contributed by atoms with van der Waals surface area (Å²) in [6.07, 6.45) is 0.861. The van der Waals surface area contributed by atoms with Gasteiger partial charge in [-0.25, -0.2) is 0 Å². The van der Waals surface area contributed by atoms with Crippen molar-refractivity contribution in [1.29, 1.82) is 0 Å². The number of aryl methyl sites for hydroxylation is 1. The zero-order chi connectivity index (χ0) is 22.5. The summed E-state index contributed by atoms with van der Waals surface area (Å²) in [7, 11) is 4.94. The van der Waals surface area contributed by atoms with Gasteiger partial charge in [-0.2, -0.15) is 0 Å². The second-order valence-corrected chi connectivity index (χ2v) is 8.14. The molecule has 0 spiro atoms. The molecule has 1 heterocycles. The second-order valence-electron chi connectivity index (χ2n) is 8.14. The summed E-state index contributed by atoms with van der Waals surface area (Å²) in [4.78, 5) is 28.0. The van der Waals surface area contributed by atoms with Crippen molar-refractivity contribution in [3.8, 4) is 11.5 Å². The summed E-state index contributed by atoms with van der Waals surface area (Å²) >= 11 is 0. The van der Waals surface area contributed by atoms with Gasteiger partial charge in [-0.15, -0.1) is 0 Å². The van der Waals surface area contributed by atoms with Gasteiger partial charge in [-0.3, -0.25) is 9.59 Å². The van der Waals surface area contributed by atoms with E-state index in [1.165, 1.54) is 20.9 Å². The van der Waals surface area contributed by atoms with Crippen LogP contribution >= 0.6 is 0 Å². The van der Waals surface area contributed by atoms with Crippen molar-refractivity contribution in [3.63, 3.8) is 0 Å². The van der Waals surface area contributed by atoms with Crippen LogP contribution in [0.2, 0.25) is 0 Å². The molecule has 7 nitrogen and oxygen atoms in total. The molecule has 0 saturated heterocycles. The highest BCUT2D eigenvalue weighted by molar-refractivity contribution is 5.94. The number of nitrogens with one attached hydrogen (secondary N) is 2. The SMILES string of the molecule is COc1cc2c(cc1OC)C[NH+]([C@@H](C)C(=O)N(C)CC(=O)Nc1ccc(C)cc1)CC2. The molecule has 0 radical (unpaired) electrons. The first-order chi connectivity index (χ1) is 14.8. The van der Waals surface area contributed by atoms with Gasteiger partial charge >= 0.3 is 0 Å². The van der Waals surface area contributed by atoms with Crippen LogP contribution in [0.4, 0.5) is 5.69 Å².